The lowest BCUT2D eigenvalue weighted by Crippen LogP contribution is -2.29. The molecular weight excluding hydrogens is 375 g/mol. The predicted molar refractivity (Wildman–Crippen MR) is 89.6 cm³/mol. The second-order valence-electron chi connectivity index (χ2n) is 5.02. The molecule has 2 N–H and O–H groups in total. The van der Waals surface area contributed by atoms with Crippen LogP contribution in [0.2, 0.25) is 5.02 Å². The van der Waals surface area contributed by atoms with Crippen molar-refractivity contribution in [3.05, 3.63) is 47.1 Å². The van der Waals surface area contributed by atoms with Crippen molar-refractivity contribution in [2.24, 2.45) is 0 Å². The smallest absolute Gasteiger partial charge is 0.422 e. The minimum absolute atomic E-state index is 0.0827. The maximum atomic E-state index is 12.3. The standard InChI is InChI=1S/C16H15ClF3N3O3/c1-25-11-4-5-13(12(17)7-11)23-15(24)22-8-10-3-2-6-21-14(10)26-9-16(18,19)20/h2-7H,8-9H2,1H3,(H2,22,23,24). The summed E-state index contributed by atoms with van der Waals surface area (Å²) in [7, 11) is 1.48. The van der Waals surface area contributed by atoms with Gasteiger partial charge in [0.05, 0.1) is 17.8 Å². The topological polar surface area (TPSA) is 72.5 Å². The van der Waals surface area contributed by atoms with Crippen LogP contribution in [0, 0.1) is 0 Å². The summed E-state index contributed by atoms with van der Waals surface area (Å²) in [6.07, 6.45) is -3.18. The summed E-state index contributed by atoms with van der Waals surface area (Å²) in [6.45, 7) is -1.55. The molecule has 140 valence electrons. The van der Waals surface area contributed by atoms with E-state index in [4.69, 9.17) is 16.3 Å². The molecule has 0 radical (unpaired) electrons. The van der Waals surface area contributed by atoms with Crippen molar-refractivity contribution in [1.29, 1.82) is 0 Å². The van der Waals surface area contributed by atoms with E-state index in [-0.39, 0.29) is 17.4 Å². The fourth-order valence-electron chi connectivity index (χ4n) is 1.91. The summed E-state index contributed by atoms with van der Waals surface area (Å²) < 4.78 is 46.5. The molecule has 0 spiro atoms. The van der Waals surface area contributed by atoms with Crippen LogP contribution in [-0.4, -0.2) is 30.9 Å². The van der Waals surface area contributed by atoms with E-state index in [1.165, 1.54) is 31.5 Å². The number of aromatic nitrogens is 1. The highest BCUT2D eigenvalue weighted by Crippen LogP contribution is 2.26. The van der Waals surface area contributed by atoms with Crippen LogP contribution in [0.25, 0.3) is 0 Å². The zero-order valence-electron chi connectivity index (χ0n) is 13.6. The molecule has 0 aliphatic heterocycles. The zero-order chi connectivity index (χ0) is 19.2. The predicted octanol–water partition coefficient (Wildman–Crippen LogP) is 4.01. The first-order valence-corrected chi connectivity index (χ1v) is 7.68. The molecule has 2 amide bonds. The number of methoxy groups -OCH3 is 1. The minimum Gasteiger partial charge on any atom is -0.497 e. The van der Waals surface area contributed by atoms with Gasteiger partial charge in [-0.25, -0.2) is 9.78 Å². The number of nitrogens with zero attached hydrogens (tertiary/aromatic N) is 1. The number of halogens is 4. The molecule has 0 atom stereocenters. The van der Waals surface area contributed by atoms with E-state index in [9.17, 15) is 18.0 Å². The molecular formula is C16H15ClF3N3O3. The number of alkyl halides is 3. The summed E-state index contributed by atoms with van der Waals surface area (Å²) in [5.41, 5.74) is 0.650. The Balaban J connectivity index is 1.95. The lowest BCUT2D eigenvalue weighted by atomic mass is 10.2. The van der Waals surface area contributed by atoms with Crippen molar-refractivity contribution >= 4 is 23.3 Å². The molecule has 10 heteroatoms. The Hall–Kier alpha value is -2.68. The van der Waals surface area contributed by atoms with Crippen molar-refractivity contribution in [3.63, 3.8) is 0 Å². The summed E-state index contributed by atoms with van der Waals surface area (Å²) in [6, 6.07) is 7.13. The molecule has 0 aliphatic rings. The van der Waals surface area contributed by atoms with Gasteiger partial charge < -0.3 is 20.1 Å². The second kappa shape index (κ2) is 8.61. The number of hydrogen-bond donors (Lipinski definition) is 2. The summed E-state index contributed by atoms with van der Waals surface area (Å²) in [5, 5.41) is 5.30. The fourth-order valence-corrected chi connectivity index (χ4v) is 2.12. The summed E-state index contributed by atoms with van der Waals surface area (Å²) >= 11 is 6.02. The molecule has 1 aromatic heterocycles. The van der Waals surface area contributed by atoms with Crippen molar-refractivity contribution < 1.29 is 27.4 Å². The van der Waals surface area contributed by atoms with E-state index in [1.54, 1.807) is 12.1 Å². The van der Waals surface area contributed by atoms with E-state index in [1.807, 2.05) is 0 Å². The number of amides is 2. The highest BCUT2D eigenvalue weighted by Gasteiger charge is 2.29. The molecule has 1 heterocycles. The molecule has 0 fully saturated rings. The monoisotopic (exact) mass is 389 g/mol. The third-order valence-electron chi connectivity index (χ3n) is 3.09. The van der Waals surface area contributed by atoms with Gasteiger partial charge in [-0.05, 0) is 18.2 Å². The number of carbonyl (C=O) groups is 1. The van der Waals surface area contributed by atoms with Crippen LogP contribution in [0.3, 0.4) is 0 Å². The van der Waals surface area contributed by atoms with Gasteiger partial charge in [-0.2, -0.15) is 13.2 Å². The van der Waals surface area contributed by atoms with Crippen LogP contribution < -0.4 is 20.1 Å². The molecule has 26 heavy (non-hydrogen) atoms. The zero-order valence-corrected chi connectivity index (χ0v) is 14.3. The van der Waals surface area contributed by atoms with Gasteiger partial charge in [0.15, 0.2) is 6.61 Å². The first-order chi connectivity index (χ1) is 12.3. The Morgan fingerprint density at radius 2 is 2.08 bits per heavy atom. The number of hydrogen-bond acceptors (Lipinski definition) is 4. The van der Waals surface area contributed by atoms with E-state index in [0.29, 0.717) is 17.0 Å². The molecule has 1 aromatic carbocycles. The average molecular weight is 390 g/mol. The molecule has 0 aliphatic carbocycles. The van der Waals surface area contributed by atoms with Gasteiger partial charge in [0.2, 0.25) is 5.88 Å². The lowest BCUT2D eigenvalue weighted by Gasteiger charge is -2.13. The number of rotatable bonds is 6. The third kappa shape index (κ3) is 5.99. The molecule has 2 aromatic rings. The Kier molecular flexibility index (Phi) is 6.51. The van der Waals surface area contributed by atoms with Gasteiger partial charge in [-0.3, -0.25) is 0 Å². The number of anilines is 1. The maximum Gasteiger partial charge on any atom is 0.422 e. The number of nitrogens with one attached hydrogen (secondary N) is 2. The first-order valence-electron chi connectivity index (χ1n) is 7.30. The number of carbonyl (C=O) groups excluding carboxylic acids is 1. The second-order valence-corrected chi connectivity index (χ2v) is 5.43. The summed E-state index contributed by atoms with van der Waals surface area (Å²) in [5.74, 6) is 0.329. The van der Waals surface area contributed by atoms with Gasteiger partial charge in [0, 0.05) is 24.4 Å². The largest absolute Gasteiger partial charge is 0.497 e. The molecule has 0 bridgehead atoms. The van der Waals surface area contributed by atoms with Crippen LogP contribution in [0.4, 0.5) is 23.7 Å². The number of urea groups is 1. The van der Waals surface area contributed by atoms with Crippen LogP contribution in [0.15, 0.2) is 36.5 Å². The quantitative estimate of drug-likeness (QED) is 0.783. The van der Waals surface area contributed by atoms with Crippen molar-refractivity contribution in [2.75, 3.05) is 19.0 Å². The third-order valence-corrected chi connectivity index (χ3v) is 3.40. The molecule has 2 rings (SSSR count). The molecule has 0 unspecified atom stereocenters. The Bertz CT molecular complexity index is 772. The number of pyridine rings is 1. The number of ether oxygens (including phenoxy) is 2. The number of benzene rings is 1. The van der Waals surface area contributed by atoms with Gasteiger partial charge in [0.25, 0.3) is 0 Å². The Morgan fingerprint density at radius 3 is 2.73 bits per heavy atom. The van der Waals surface area contributed by atoms with Crippen LogP contribution in [-0.2, 0) is 6.54 Å². The van der Waals surface area contributed by atoms with Crippen LogP contribution >= 0.6 is 11.6 Å². The fraction of sp³-hybridized carbons (Fsp3) is 0.250. The Morgan fingerprint density at radius 1 is 1.31 bits per heavy atom. The highest BCUT2D eigenvalue weighted by atomic mass is 35.5. The highest BCUT2D eigenvalue weighted by molar-refractivity contribution is 6.33. The van der Waals surface area contributed by atoms with E-state index in [2.05, 4.69) is 20.4 Å². The van der Waals surface area contributed by atoms with E-state index < -0.39 is 18.8 Å². The van der Waals surface area contributed by atoms with Crippen molar-refractivity contribution in [1.82, 2.24) is 10.3 Å². The van der Waals surface area contributed by atoms with Crippen molar-refractivity contribution in [3.8, 4) is 11.6 Å². The first kappa shape index (κ1) is 19.6. The van der Waals surface area contributed by atoms with E-state index >= 15 is 0 Å². The average Bonchev–Trinajstić information content (AvgIpc) is 2.60. The van der Waals surface area contributed by atoms with Gasteiger partial charge in [-0.1, -0.05) is 17.7 Å². The van der Waals surface area contributed by atoms with Gasteiger partial charge in [0.1, 0.15) is 5.75 Å². The van der Waals surface area contributed by atoms with Crippen LogP contribution in [0.5, 0.6) is 11.6 Å². The maximum absolute atomic E-state index is 12.3. The summed E-state index contributed by atoms with van der Waals surface area (Å²) in [4.78, 5) is 15.7. The Labute approximate surface area is 152 Å². The normalized spacial score (nSPS) is 11.0. The molecule has 6 nitrogen and oxygen atoms in total. The van der Waals surface area contributed by atoms with Crippen molar-refractivity contribution in [2.45, 2.75) is 12.7 Å². The minimum atomic E-state index is -4.48. The lowest BCUT2D eigenvalue weighted by molar-refractivity contribution is -0.154. The van der Waals surface area contributed by atoms with Gasteiger partial charge in [-0.15, -0.1) is 0 Å². The van der Waals surface area contributed by atoms with Crippen LogP contribution in [0.1, 0.15) is 5.56 Å². The van der Waals surface area contributed by atoms with Gasteiger partial charge >= 0.3 is 12.2 Å². The molecule has 0 saturated carbocycles. The SMILES string of the molecule is COc1ccc(NC(=O)NCc2cccnc2OCC(F)(F)F)c(Cl)c1. The van der Waals surface area contributed by atoms with E-state index in [0.717, 1.165) is 0 Å². The molecule has 0 saturated heterocycles.